The van der Waals surface area contributed by atoms with Crippen LogP contribution in [0.5, 0.6) is 0 Å². The maximum Gasteiger partial charge on any atom is 0.328 e. The molecule has 0 saturated heterocycles. The highest BCUT2D eigenvalue weighted by atomic mass is 16.5. The topological polar surface area (TPSA) is 85.6 Å². The fraction of sp³-hybridized carbons (Fsp3) is 0.320. The first-order chi connectivity index (χ1) is 14.7. The second kappa shape index (κ2) is 9.16. The molecule has 1 aromatic heterocycles. The molecule has 0 radical (unpaired) electrons. The fourth-order valence-electron chi connectivity index (χ4n) is 3.61. The number of benzene rings is 2. The summed E-state index contributed by atoms with van der Waals surface area (Å²) in [4.78, 5) is 37.2. The molecule has 1 heterocycles. The molecule has 162 valence electrons. The zero-order valence-electron chi connectivity index (χ0n) is 18.4. The van der Waals surface area contributed by atoms with Crippen molar-refractivity contribution >= 4 is 22.8 Å². The molecule has 1 amide bonds. The van der Waals surface area contributed by atoms with E-state index in [0.717, 1.165) is 11.1 Å². The van der Waals surface area contributed by atoms with Crippen LogP contribution in [0.25, 0.3) is 22.3 Å². The van der Waals surface area contributed by atoms with Crippen molar-refractivity contribution in [1.29, 1.82) is 0 Å². The Morgan fingerprint density at radius 2 is 1.74 bits per heavy atom. The van der Waals surface area contributed by atoms with E-state index in [4.69, 9.17) is 9.15 Å². The van der Waals surface area contributed by atoms with Crippen molar-refractivity contribution in [3.63, 3.8) is 0 Å². The molecular formula is C25H27NO5. The predicted octanol–water partition coefficient (Wildman–Crippen LogP) is 4.39. The number of nitrogens with one attached hydrogen (secondary N) is 1. The number of amides is 1. The lowest BCUT2D eigenvalue weighted by Crippen LogP contribution is -2.42. The normalized spacial score (nSPS) is 12.1. The van der Waals surface area contributed by atoms with E-state index < -0.39 is 12.0 Å². The zero-order valence-corrected chi connectivity index (χ0v) is 18.4. The molecule has 0 spiro atoms. The van der Waals surface area contributed by atoms with E-state index in [1.165, 1.54) is 13.2 Å². The molecule has 0 aliphatic heterocycles. The van der Waals surface area contributed by atoms with Crippen molar-refractivity contribution in [1.82, 2.24) is 5.32 Å². The van der Waals surface area contributed by atoms with Crippen LogP contribution in [0.4, 0.5) is 0 Å². The summed E-state index contributed by atoms with van der Waals surface area (Å²) < 4.78 is 10.8. The Morgan fingerprint density at radius 3 is 2.35 bits per heavy atom. The van der Waals surface area contributed by atoms with Crippen molar-refractivity contribution in [3.8, 4) is 11.3 Å². The maximum absolute atomic E-state index is 12.6. The molecule has 1 unspecified atom stereocenters. The minimum Gasteiger partial charge on any atom is -0.467 e. The van der Waals surface area contributed by atoms with Crippen LogP contribution in [-0.4, -0.2) is 25.0 Å². The molecule has 31 heavy (non-hydrogen) atoms. The maximum atomic E-state index is 12.6. The van der Waals surface area contributed by atoms with Gasteiger partial charge in [-0.15, -0.1) is 0 Å². The van der Waals surface area contributed by atoms with Gasteiger partial charge in [-0.2, -0.15) is 0 Å². The van der Waals surface area contributed by atoms with Gasteiger partial charge in [0.1, 0.15) is 17.4 Å². The third kappa shape index (κ3) is 5.02. The molecule has 1 atom stereocenters. The van der Waals surface area contributed by atoms with Crippen LogP contribution in [0.15, 0.2) is 51.7 Å². The Labute approximate surface area is 181 Å². The molecule has 0 aliphatic rings. The van der Waals surface area contributed by atoms with Gasteiger partial charge >= 0.3 is 5.97 Å². The summed E-state index contributed by atoms with van der Waals surface area (Å²) in [6.45, 7) is 7.79. The molecule has 0 saturated carbocycles. The van der Waals surface area contributed by atoms with Crippen LogP contribution in [0, 0.1) is 19.8 Å². The van der Waals surface area contributed by atoms with Crippen molar-refractivity contribution < 1.29 is 18.7 Å². The number of esters is 1. The highest BCUT2D eigenvalue weighted by Gasteiger charge is 2.23. The lowest BCUT2D eigenvalue weighted by molar-refractivity contribution is -0.143. The van der Waals surface area contributed by atoms with Gasteiger partial charge in [-0.1, -0.05) is 32.0 Å². The van der Waals surface area contributed by atoms with Gasteiger partial charge in [0, 0.05) is 17.2 Å². The Hall–Kier alpha value is -3.41. The first-order valence-electron chi connectivity index (χ1n) is 10.2. The van der Waals surface area contributed by atoms with Gasteiger partial charge in [0.25, 0.3) is 5.91 Å². The van der Waals surface area contributed by atoms with Crippen molar-refractivity contribution in [2.45, 2.75) is 40.2 Å². The predicted molar refractivity (Wildman–Crippen MR) is 120 cm³/mol. The summed E-state index contributed by atoms with van der Waals surface area (Å²) >= 11 is 0. The number of methoxy groups -OCH3 is 1. The number of rotatable bonds is 6. The van der Waals surface area contributed by atoms with Gasteiger partial charge in [-0.25, -0.2) is 4.79 Å². The number of aryl methyl sites for hydroxylation is 2. The molecule has 6 nitrogen and oxygen atoms in total. The van der Waals surface area contributed by atoms with Crippen LogP contribution in [-0.2, 0) is 9.53 Å². The summed E-state index contributed by atoms with van der Waals surface area (Å²) in [5, 5.41) is 3.29. The van der Waals surface area contributed by atoms with Gasteiger partial charge < -0.3 is 14.5 Å². The van der Waals surface area contributed by atoms with Gasteiger partial charge in [-0.3, -0.25) is 9.59 Å². The monoisotopic (exact) mass is 421 g/mol. The largest absolute Gasteiger partial charge is 0.467 e. The minimum atomic E-state index is -0.706. The van der Waals surface area contributed by atoms with E-state index in [-0.39, 0.29) is 17.3 Å². The molecule has 0 aliphatic carbocycles. The number of hydrogen-bond donors (Lipinski definition) is 1. The quantitative estimate of drug-likeness (QED) is 0.597. The fourth-order valence-corrected chi connectivity index (χ4v) is 3.61. The molecule has 3 rings (SSSR count). The summed E-state index contributed by atoms with van der Waals surface area (Å²) in [6, 6.07) is 11.3. The molecule has 2 aromatic carbocycles. The van der Waals surface area contributed by atoms with Gasteiger partial charge in [-0.05, 0) is 55.5 Å². The molecule has 6 heteroatoms. The first kappa shape index (κ1) is 22.3. The Bertz CT molecular complexity index is 1170. The lowest BCUT2D eigenvalue weighted by Gasteiger charge is -2.18. The number of hydrogen-bond acceptors (Lipinski definition) is 5. The third-order valence-corrected chi connectivity index (χ3v) is 5.09. The van der Waals surface area contributed by atoms with E-state index in [0.29, 0.717) is 34.3 Å². The molecule has 0 fully saturated rings. The zero-order chi connectivity index (χ0) is 22.7. The van der Waals surface area contributed by atoms with E-state index >= 15 is 0 Å². The molecule has 0 bridgehead atoms. The molecular weight excluding hydrogens is 394 g/mol. The lowest BCUT2D eigenvalue weighted by atomic mass is 10.0. The highest BCUT2D eigenvalue weighted by Crippen LogP contribution is 2.25. The minimum absolute atomic E-state index is 0.112. The Balaban J connectivity index is 1.87. The Morgan fingerprint density at radius 1 is 1.06 bits per heavy atom. The van der Waals surface area contributed by atoms with E-state index in [9.17, 15) is 14.4 Å². The number of ether oxygens (including phenoxy) is 1. The summed E-state index contributed by atoms with van der Waals surface area (Å²) in [7, 11) is 1.30. The van der Waals surface area contributed by atoms with Crippen LogP contribution in [0.2, 0.25) is 0 Å². The van der Waals surface area contributed by atoms with E-state index in [1.807, 2.05) is 39.8 Å². The summed E-state index contributed by atoms with van der Waals surface area (Å²) in [5.74, 6) is -0.186. The van der Waals surface area contributed by atoms with Crippen molar-refractivity contribution in [3.05, 3.63) is 69.4 Å². The van der Waals surface area contributed by atoms with Crippen molar-refractivity contribution in [2.24, 2.45) is 5.92 Å². The Kier molecular flexibility index (Phi) is 6.59. The van der Waals surface area contributed by atoms with Crippen LogP contribution < -0.4 is 10.7 Å². The second-order valence-electron chi connectivity index (χ2n) is 8.19. The average molecular weight is 421 g/mol. The van der Waals surface area contributed by atoms with Crippen LogP contribution in [0.1, 0.15) is 41.8 Å². The van der Waals surface area contributed by atoms with Crippen LogP contribution >= 0.6 is 0 Å². The average Bonchev–Trinajstić information content (AvgIpc) is 2.73. The summed E-state index contributed by atoms with van der Waals surface area (Å²) in [5.41, 5.74) is 3.43. The molecule has 1 N–H and O–H groups in total. The van der Waals surface area contributed by atoms with Gasteiger partial charge in [0.05, 0.1) is 12.5 Å². The van der Waals surface area contributed by atoms with E-state index in [2.05, 4.69) is 5.32 Å². The van der Waals surface area contributed by atoms with Crippen LogP contribution in [0.3, 0.4) is 0 Å². The highest BCUT2D eigenvalue weighted by molar-refractivity contribution is 5.97. The standard InChI is InChI=1S/C25H27NO5/c1-14(2)10-20(25(29)30-5)26-24(28)18-8-6-17(7-9-18)22-13-21(27)19-12-15(3)11-16(4)23(19)31-22/h6-9,11-14,20H,10H2,1-5H3,(H,26,28). The smallest absolute Gasteiger partial charge is 0.328 e. The number of carbonyl (C=O) groups excluding carboxylic acids is 2. The van der Waals surface area contributed by atoms with Gasteiger partial charge in [0.15, 0.2) is 5.43 Å². The second-order valence-corrected chi connectivity index (χ2v) is 8.19. The number of carbonyl (C=O) groups is 2. The first-order valence-corrected chi connectivity index (χ1v) is 10.2. The van der Waals surface area contributed by atoms with Gasteiger partial charge in [0.2, 0.25) is 0 Å². The molecule has 3 aromatic rings. The van der Waals surface area contributed by atoms with Crippen molar-refractivity contribution in [2.75, 3.05) is 7.11 Å². The third-order valence-electron chi connectivity index (χ3n) is 5.09. The summed E-state index contributed by atoms with van der Waals surface area (Å²) in [6.07, 6.45) is 0.484. The van der Waals surface area contributed by atoms with E-state index in [1.54, 1.807) is 24.3 Å². The number of fused-ring (bicyclic) bond motifs is 1. The SMILES string of the molecule is COC(=O)C(CC(C)C)NC(=O)c1ccc(-c2cc(=O)c3cc(C)cc(C)c3o2)cc1.